The molecular formula is C15H14N2O2. The number of anilines is 1. The van der Waals surface area contributed by atoms with E-state index in [0.717, 1.165) is 21.8 Å². The molecule has 0 amide bonds. The molecule has 4 nitrogen and oxygen atoms in total. The Balaban J connectivity index is 2.26. The van der Waals surface area contributed by atoms with Crippen LogP contribution in [0.3, 0.4) is 0 Å². The van der Waals surface area contributed by atoms with Crippen molar-refractivity contribution in [3.8, 4) is 17.2 Å². The lowest BCUT2D eigenvalue weighted by Gasteiger charge is -2.16. The molecule has 4 heteroatoms. The normalized spacial score (nSPS) is 11.9. The minimum absolute atomic E-state index is 0.529. The van der Waals surface area contributed by atoms with Gasteiger partial charge in [0.15, 0.2) is 11.5 Å². The monoisotopic (exact) mass is 254 g/mol. The van der Waals surface area contributed by atoms with E-state index in [4.69, 9.17) is 15.2 Å². The Hall–Kier alpha value is -2.49. The zero-order chi connectivity index (χ0) is 13.6. The van der Waals surface area contributed by atoms with Gasteiger partial charge >= 0.3 is 0 Å². The first-order valence-corrected chi connectivity index (χ1v) is 5.92. The number of nitrogen functional groups attached to an aromatic ring is 1. The standard InChI is InChI=1S/C15H14N2O2/c1-8-4-11-14(5-9(8)2)19-15-6-10(16)13(18-3)7-12(15)17-11/h4-7H,2,16H2,1,3H3. The van der Waals surface area contributed by atoms with Gasteiger partial charge in [0, 0.05) is 12.1 Å². The van der Waals surface area contributed by atoms with Crippen LogP contribution in [0.1, 0.15) is 5.56 Å². The van der Waals surface area contributed by atoms with Crippen molar-refractivity contribution in [2.24, 2.45) is 4.99 Å². The minimum atomic E-state index is 0.529. The molecule has 0 spiro atoms. The van der Waals surface area contributed by atoms with Crippen LogP contribution in [-0.4, -0.2) is 7.11 Å². The lowest BCUT2D eigenvalue weighted by Crippen LogP contribution is -2.16. The fourth-order valence-electron chi connectivity index (χ4n) is 2.04. The van der Waals surface area contributed by atoms with Gasteiger partial charge in [0.25, 0.3) is 0 Å². The van der Waals surface area contributed by atoms with E-state index in [2.05, 4.69) is 11.6 Å². The maximum atomic E-state index is 5.87. The van der Waals surface area contributed by atoms with Crippen LogP contribution >= 0.6 is 0 Å². The number of ether oxygens (including phenoxy) is 2. The summed E-state index contributed by atoms with van der Waals surface area (Å²) in [7, 11) is 1.58. The molecule has 0 fully saturated rings. The van der Waals surface area contributed by atoms with Crippen LogP contribution in [0.15, 0.2) is 29.3 Å². The predicted octanol–water partition coefficient (Wildman–Crippen LogP) is 2.05. The third kappa shape index (κ3) is 1.81. The SMILES string of the molecule is C=c1cc2c(cc1C)=Nc1cc(OC)c(N)cc1O2. The lowest BCUT2D eigenvalue weighted by molar-refractivity contribution is 0.414. The van der Waals surface area contributed by atoms with Crippen LogP contribution < -0.4 is 25.8 Å². The third-order valence-electron chi connectivity index (χ3n) is 3.19. The van der Waals surface area contributed by atoms with Gasteiger partial charge < -0.3 is 15.2 Å². The van der Waals surface area contributed by atoms with Crippen LogP contribution in [-0.2, 0) is 0 Å². The third-order valence-corrected chi connectivity index (χ3v) is 3.19. The van der Waals surface area contributed by atoms with Crippen LogP contribution in [0, 0.1) is 6.92 Å². The zero-order valence-corrected chi connectivity index (χ0v) is 10.9. The zero-order valence-electron chi connectivity index (χ0n) is 10.9. The molecule has 2 N–H and O–H groups in total. The molecule has 2 aromatic carbocycles. The van der Waals surface area contributed by atoms with E-state index >= 15 is 0 Å². The van der Waals surface area contributed by atoms with E-state index in [-0.39, 0.29) is 0 Å². The van der Waals surface area contributed by atoms with Crippen LogP contribution in [0.2, 0.25) is 0 Å². The van der Waals surface area contributed by atoms with Crippen LogP contribution in [0.4, 0.5) is 11.4 Å². The molecule has 0 radical (unpaired) electrons. The maximum Gasteiger partial charge on any atom is 0.155 e. The fraction of sp³-hybridized carbons (Fsp3) is 0.133. The Kier molecular flexibility index (Phi) is 2.45. The number of nitrogens with two attached hydrogens (primary N) is 1. The Labute approximate surface area is 110 Å². The maximum absolute atomic E-state index is 5.87. The molecule has 1 aliphatic heterocycles. The molecule has 3 rings (SSSR count). The first-order valence-electron chi connectivity index (χ1n) is 5.92. The van der Waals surface area contributed by atoms with Gasteiger partial charge in [0.2, 0.25) is 0 Å². The molecule has 0 aromatic heterocycles. The number of hydrogen-bond acceptors (Lipinski definition) is 4. The summed E-state index contributed by atoms with van der Waals surface area (Å²) in [6, 6.07) is 7.35. The molecule has 0 bridgehead atoms. The van der Waals surface area contributed by atoms with E-state index in [1.165, 1.54) is 0 Å². The Morgan fingerprint density at radius 1 is 1.21 bits per heavy atom. The Morgan fingerprint density at radius 3 is 2.74 bits per heavy atom. The molecule has 0 unspecified atom stereocenters. The van der Waals surface area contributed by atoms with E-state index in [9.17, 15) is 0 Å². The van der Waals surface area contributed by atoms with E-state index in [1.807, 2.05) is 19.1 Å². The van der Waals surface area contributed by atoms with E-state index in [1.54, 1.807) is 19.2 Å². The Bertz CT molecular complexity index is 782. The second-order valence-corrected chi connectivity index (χ2v) is 4.52. The summed E-state index contributed by atoms with van der Waals surface area (Å²) in [5.74, 6) is 1.93. The molecule has 96 valence electrons. The van der Waals surface area contributed by atoms with E-state index in [0.29, 0.717) is 22.9 Å². The summed E-state index contributed by atoms with van der Waals surface area (Å²) in [5, 5.41) is 1.73. The number of rotatable bonds is 1. The van der Waals surface area contributed by atoms with Crippen molar-refractivity contribution in [3.63, 3.8) is 0 Å². The average molecular weight is 254 g/mol. The van der Waals surface area contributed by atoms with Gasteiger partial charge in [-0.05, 0) is 29.8 Å². The highest BCUT2D eigenvalue weighted by molar-refractivity contribution is 5.68. The summed E-state index contributed by atoms with van der Waals surface area (Å²) in [5.41, 5.74) is 8.20. The predicted molar refractivity (Wildman–Crippen MR) is 74.6 cm³/mol. The van der Waals surface area contributed by atoms with Gasteiger partial charge in [-0.15, -0.1) is 0 Å². The molecule has 19 heavy (non-hydrogen) atoms. The van der Waals surface area contributed by atoms with Crippen LogP contribution in [0.25, 0.3) is 6.58 Å². The number of aryl methyl sites for hydroxylation is 1. The second kappa shape index (κ2) is 4.02. The van der Waals surface area contributed by atoms with Gasteiger partial charge in [-0.2, -0.15) is 0 Å². The summed E-state index contributed by atoms with van der Waals surface area (Å²) in [4.78, 5) is 4.57. The van der Waals surface area contributed by atoms with Crippen molar-refractivity contribution < 1.29 is 9.47 Å². The molecule has 2 aromatic rings. The molecule has 0 saturated heterocycles. The number of benzene rings is 2. The molecule has 1 aliphatic rings. The quantitative estimate of drug-likeness (QED) is 0.676. The first kappa shape index (κ1) is 11.6. The van der Waals surface area contributed by atoms with Crippen molar-refractivity contribution in [2.45, 2.75) is 6.92 Å². The van der Waals surface area contributed by atoms with Gasteiger partial charge in [0.05, 0.1) is 12.8 Å². The van der Waals surface area contributed by atoms with Gasteiger partial charge in [0.1, 0.15) is 16.8 Å². The highest BCUT2D eigenvalue weighted by Crippen LogP contribution is 2.39. The highest BCUT2D eigenvalue weighted by Gasteiger charge is 2.15. The van der Waals surface area contributed by atoms with Crippen molar-refractivity contribution in [1.82, 2.24) is 0 Å². The number of methoxy groups -OCH3 is 1. The fourth-order valence-corrected chi connectivity index (χ4v) is 2.04. The Morgan fingerprint density at radius 2 is 2.00 bits per heavy atom. The first-order chi connectivity index (χ1) is 9.08. The summed E-state index contributed by atoms with van der Waals surface area (Å²) in [6.07, 6.45) is 0. The van der Waals surface area contributed by atoms with Crippen molar-refractivity contribution >= 4 is 18.0 Å². The van der Waals surface area contributed by atoms with Crippen molar-refractivity contribution in [1.29, 1.82) is 0 Å². The second-order valence-electron chi connectivity index (χ2n) is 4.52. The van der Waals surface area contributed by atoms with Gasteiger partial charge in [-0.1, -0.05) is 6.58 Å². The summed E-state index contributed by atoms with van der Waals surface area (Å²) in [6.45, 7) is 5.96. The smallest absolute Gasteiger partial charge is 0.155 e. The van der Waals surface area contributed by atoms with Gasteiger partial charge in [-0.3, -0.25) is 0 Å². The minimum Gasteiger partial charge on any atom is -0.495 e. The summed E-state index contributed by atoms with van der Waals surface area (Å²) < 4.78 is 11.0. The van der Waals surface area contributed by atoms with Crippen molar-refractivity contribution in [2.75, 3.05) is 12.8 Å². The van der Waals surface area contributed by atoms with E-state index < -0.39 is 0 Å². The molecule has 0 atom stereocenters. The average Bonchev–Trinajstić information content (AvgIpc) is 2.38. The molecule has 0 aliphatic carbocycles. The van der Waals surface area contributed by atoms with Gasteiger partial charge in [-0.25, -0.2) is 4.99 Å². The molecule has 0 saturated carbocycles. The van der Waals surface area contributed by atoms with Crippen LogP contribution in [0.5, 0.6) is 17.2 Å². The lowest BCUT2D eigenvalue weighted by atomic mass is 10.1. The number of nitrogens with zero attached hydrogens (tertiary/aromatic N) is 1. The number of fused-ring (bicyclic) bond motifs is 2. The topological polar surface area (TPSA) is 56.8 Å². The summed E-state index contributed by atoms with van der Waals surface area (Å²) >= 11 is 0. The number of hydrogen-bond donors (Lipinski definition) is 1. The molecular weight excluding hydrogens is 240 g/mol. The molecule has 1 heterocycles. The van der Waals surface area contributed by atoms with Crippen molar-refractivity contribution in [3.05, 3.63) is 40.4 Å². The highest BCUT2D eigenvalue weighted by atomic mass is 16.5. The largest absolute Gasteiger partial charge is 0.495 e.